The smallest absolute Gasteiger partial charge is 0.326 e. The number of quaternary nitrogens is 1. The normalized spacial score (nSPS) is 11.9. The fourth-order valence-electron chi connectivity index (χ4n) is 3.10. The van der Waals surface area contributed by atoms with E-state index in [4.69, 9.17) is 17.5 Å². The predicted octanol–water partition coefficient (Wildman–Crippen LogP) is 5.52. The molecule has 0 aromatic heterocycles. The lowest BCUT2D eigenvalue weighted by atomic mass is 10.1. The Balaban J connectivity index is 0. The predicted molar refractivity (Wildman–Crippen MR) is 107 cm³/mol. The van der Waals surface area contributed by atoms with E-state index >= 15 is 0 Å². The van der Waals surface area contributed by atoms with Crippen LogP contribution in [0.5, 0.6) is 0 Å². The molecule has 0 heterocycles. The molecule has 0 fully saturated rings. The largest absolute Gasteiger partial charge is 0.394 e. The van der Waals surface area contributed by atoms with Crippen molar-refractivity contribution in [3.63, 3.8) is 0 Å². The van der Waals surface area contributed by atoms with Crippen LogP contribution in [0.1, 0.15) is 97.8 Å². The lowest BCUT2D eigenvalue weighted by molar-refractivity contribution is -0.910. The molecule has 0 aromatic carbocycles. The highest BCUT2D eigenvalue weighted by Gasteiger charge is 2.19. The molecule has 2 N–H and O–H groups in total. The summed E-state index contributed by atoms with van der Waals surface area (Å²) in [4.78, 5) is 0. The van der Waals surface area contributed by atoms with Crippen molar-refractivity contribution in [1.29, 1.82) is 0 Å². The van der Waals surface area contributed by atoms with Crippen molar-refractivity contribution in [2.45, 2.75) is 97.8 Å². The van der Waals surface area contributed by atoms with Crippen LogP contribution in [0.3, 0.4) is 0 Å². The Morgan fingerprint density at radius 2 is 0.840 bits per heavy atom. The Hall–Kier alpha value is -0.170. The topological polar surface area (TPSA) is 74.6 Å². The maximum atomic E-state index is 8.74. The van der Waals surface area contributed by atoms with E-state index in [0.717, 1.165) is 0 Å². The quantitative estimate of drug-likeness (QED) is 0.222. The number of hydrogen-bond acceptors (Lipinski definition) is 2. The van der Waals surface area contributed by atoms with E-state index in [1.54, 1.807) is 0 Å². The van der Waals surface area contributed by atoms with Crippen LogP contribution in [-0.4, -0.2) is 48.7 Å². The highest BCUT2D eigenvalue weighted by Crippen LogP contribution is 2.14. The summed E-state index contributed by atoms with van der Waals surface area (Å²) in [7, 11) is -2.15. The van der Waals surface area contributed by atoms with E-state index in [-0.39, 0.29) is 0 Å². The standard InChI is InChI=1S/C19H42N.H2O4S/c1-5-8-11-14-17-20(4,18-15-12-9-6-2)19-16-13-10-7-3;1-5(2,3)4/h5-19H2,1-4H3;(H2,1,2,3,4)/q+1;. The van der Waals surface area contributed by atoms with Gasteiger partial charge in [0.2, 0.25) is 0 Å². The van der Waals surface area contributed by atoms with Crippen LogP contribution in [0.2, 0.25) is 0 Å². The van der Waals surface area contributed by atoms with E-state index in [1.165, 1.54) is 101 Å². The molecule has 154 valence electrons. The monoisotopic (exact) mass is 382 g/mol. The highest BCUT2D eigenvalue weighted by molar-refractivity contribution is 7.79. The fourth-order valence-corrected chi connectivity index (χ4v) is 3.10. The minimum atomic E-state index is -4.67. The summed E-state index contributed by atoms with van der Waals surface area (Å²) in [5.74, 6) is 0. The minimum absolute atomic E-state index is 1.34. The Labute approximate surface area is 157 Å². The Bertz CT molecular complexity index is 332. The summed E-state index contributed by atoms with van der Waals surface area (Å²) in [6.07, 6.45) is 17.0. The van der Waals surface area contributed by atoms with Crippen LogP contribution in [0.25, 0.3) is 0 Å². The van der Waals surface area contributed by atoms with Gasteiger partial charge in [-0.05, 0) is 38.5 Å². The summed E-state index contributed by atoms with van der Waals surface area (Å²) < 4.78 is 32.9. The maximum Gasteiger partial charge on any atom is 0.394 e. The average Bonchev–Trinajstić information content (AvgIpc) is 2.51. The summed E-state index contributed by atoms with van der Waals surface area (Å²) in [5, 5.41) is 0. The molecule has 25 heavy (non-hydrogen) atoms. The van der Waals surface area contributed by atoms with Crippen molar-refractivity contribution in [2.24, 2.45) is 0 Å². The van der Waals surface area contributed by atoms with Crippen LogP contribution >= 0.6 is 0 Å². The Kier molecular flexibility index (Phi) is 18.7. The van der Waals surface area contributed by atoms with E-state index in [9.17, 15) is 0 Å². The molecule has 5 nitrogen and oxygen atoms in total. The van der Waals surface area contributed by atoms with Crippen LogP contribution in [0.15, 0.2) is 0 Å². The van der Waals surface area contributed by atoms with Crippen molar-refractivity contribution >= 4 is 10.4 Å². The average molecular weight is 383 g/mol. The zero-order valence-corrected chi connectivity index (χ0v) is 18.0. The highest BCUT2D eigenvalue weighted by atomic mass is 32.3. The number of hydrogen-bond donors (Lipinski definition) is 2. The molecule has 6 heteroatoms. The second-order valence-corrected chi connectivity index (χ2v) is 8.32. The van der Waals surface area contributed by atoms with Gasteiger partial charge in [-0.15, -0.1) is 0 Å². The first-order chi connectivity index (χ1) is 11.7. The van der Waals surface area contributed by atoms with Gasteiger partial charge >= 0.3 is 10.4 Å². The van der Waals surface area contributed by atoms with E-state index < -0.39 is 10.4 Å². The molecule has 0 amide bonds. The van der Waals surface area contributed by atoms with Gasteiger partial charge in [-0.2, -0.15) is 8.42 Å². The van der Waals surface area contributed by atoms with Crippen LogP contribution in [0.4, 0.5) is 0 Å². The molecular formula is C19H44NO4S+. The second-order valence-electron chi connectivity index (χ2n) is 7.42. The van der Waals surface area contributed by atoms with Gasteiger partial charge in [-0.25, -0.2) is 0 Å². The third-order valence-corrected chi connectivity index (χ3v) is 4.65. The molecule has 0 unspecified atom stereocenters. The molecule has 0 aliphatic rings. The van der Waals surface area contributed by atoms with Crippen LogP contribution < -0.4 is 0 Å². The SMILES string of the molecule is CCCCCC[N+](C)(CCCCCC)CCCCCC.O=S(=O)(O)O. The minimum Gasteiger partial charge on any atom is -0.326 e. The maximum absolute atomic E-state index is 8.74. The van der Waals surface area contributed by atoms with Crippen molar-refractivity contribution < 1.29 is 22.0 Å². The Morgan fingerprint density at radius 1 is 0.600 bits per heavy atom. The Morgan fingerprint density at radius 3 is 1.04 bits per heavy atom. The number of unbranched alkanes of at least 4 members (excludes halogenated alkanes) is 9. The molecule has 0 radical (unpaired) electrons. The van der Waals surface area contributed by atoms with Gasteiger partial charge in [-0.3, -0.25) is 9.11 Å². The van der Waals surface area contributed by atoms with E-state index in [0.29, 0.717) is 0 Å². The fraction of sp³-hybridized carbons (Fsp3) is 1.00. The molecule has 0 aliphatic heterocycles. The second kappa shape index (κ2) is 17.3. The lowest BCUT2D eigenvalue weighted by Crippen LogP contribution is -2.46. The lowest BCUT2D eigenvalue weighted by Gasteiger charge is -2.35. The third kappa shape index (κ3) is 26.2. The molecule has 0 saturated heterocycles. The summed E-state index contributed by atoms with van der Waals surface area (Å²) in [6, 6.07) is 0. The van der Waals surface area contributed by atoms with Crippen LogP contribution in [-0.2, 0) is 10.4 Å². The molecule has 0 saturated carbocycles. The molecule has 0 atom stereocenters. The molecule has 0 aliphatic carbocycles. The van der Waals surface area contributed by atoms with Gasteiger partial charge in [-0.1, -0.05) is 59.3 Å². The van der Waals surface area contributed by atoms with Gasteiger partial charge in [0.05, 0.1) is 26.7 Å². The van der Waals surface area contributed by atoms with E-state index in [2.05, 4.69) is 27.8 Å². The van der Waals surface area contributed by atoms with Crippen LogP contribution in [0, 0.1) is 0 Å². The zero-order valence-electron chi connectivity index (χ0n) is 17.2. The number of nitrogens with zero attached hydrogens (tertiary/aromatic N) is 1. The first-order valence-electron chi connectivity index (χ1n) is 10.2. The van der Waals surface area contributed by atoms with Crippen molar-refractivity contribution in [2.75, 3.05) is 26.7 Å². The van der Waals surface area contributed by atoms with Crippen molar-refractivity contribution in [3.8, 4) is 0 Å². The molecule has 0 bridgehead atoms. The summed E-state index contributed by atoms with van der Waals surface area (Å²) in [6.45, 7) is 11.2. The van der Waals surface area contributed by atoms with E-state index in [1.807, 2.05) is 0 Å². The number of rotatable bonds is 15. The van der Waals surface area contributed by atoms with Gasteiger partial charge in [0.15, 0.2) is 0 Å². The molecular weight excluding hydrogens is 338 g/mol. The van der Waals surface area contributed by atoms with Crippen molar-refractivity contribution in [1.82, 2.24) is 0 Å². The third-order valence-electron chi connectivity index (χ3n) is 4.65. The first kappa shape index (κ1) is 27.1. The van der Waals surface area contributed by atoms with Gasteiger partial charge in [0.25, 0.3) is 0 Å². The first-order valence-corrected chi connectivity index (χ1v) is 11.6. The van der Waals surface area contributed by atoms with Gasteiger partial charge in [0.1, 0.15) is 0 Å². The molecule has 0 spiro atoms. The van der Waals surface area contributed by atoms with Gasteiger partial charge < -0.3 is 4.48 Å². The van der Waals surface area contributed by atoms with Crippen molar-refractivity contribution in [3.05, 3.63) is 0 Å². The molecule has 0 rings (SSSR count). The summed E-state index contributed by atoms with van der Waals surface area (Å²) >= 11 is 0. The van der Waals surface area contributed by atoms with Gasteiger partial charge in [0, 0.05) is 0 Å². The zero-order chi connectivity index (χ0) is 19.6. The molecule has 0 aromatic rings. The summed E-state index contributed by atoms with van der Waals surface area (Å²) in [5.41, 5.74) is 0.